The Morgan fingerprint density at radius 2 is 1.76 bits per heavy atom. The number of rotatable bonds is 5. The fourth-order valence-corrected chi connectivity index (χ4v) is 4.38. The standard InChI is InChI=1S/C22H13B5ClF2N3O4/c23-14-15(24)21(26,20(37)33(27)18(14)35)32-8-10-7-9(1-6-13(10)17(32)34)16(25)31-19(36)22(29,30)11-2-4-12(28)5-3-11/h1-7,14-16H,8H2,(H,31,36)/t14?,15?,16?,21-/m0/s1. The van der Waals surface area contributed by atoms with Crippen molar-refractivity contribution in [3.05, 3.63) is 69.7 Å². The van der Waals surface area contributed by atoms with E-state index in [0.29, 0.717) is 5.56 Å². The van der Waals surface area contributed by atoms with Crippen molar-refractivity contribution in [2.75, 3.05) is 0 Å². The number of imide groups is 1. The Bertz CT molecular complexity index is 1320. The minimum absolute atomic E-state index is 0.118. The predicted molar refractivity (Wildman–Crippen MR) is 133 cm³/mol. The lowest BCUT2D eigenvalue weighted by molar-refractivity contribution is -0.148. The van der Waals surface area contributed by atoms with E-state index in [4.69, 9.17) is 51.0 Å². The second kappa shape index (κ2) is 9.38. The molecule has 0 spiro atoms. The van der Waals surface area contributed by atoms with Crippen LogP contribution in [0.25, 0.3) is 0 Å². The van der Waals surface area contributed by atoms with Crippen LogP contribution in [0.3, 0.4) is 0 Å². The summed E-state index contributed by atoms with van der Waals surface area (Å²) in [6, 6.07) is 8.57. The average molecular weight is 511 g/mol. The van der Waals surface area contributed by atoms with Crippen molar-refractivity contribution in [1.82, 2.24) is 15.0 Å². The molecule has 0 bridgehead atoms. The molecule has 15 heteroatoms. The predicted octanol–water partition coefficient (Wildman–Crippen LogP) is 0.602. The minimum atomic E-state index is -3.90. The number of alkyl halides is 2. The number of halogens is 3. The van der Waals surface area contributed by atoms with Gasteiger partial charge in [0.25, 0.3) is 11.8 Å². The molecular formula is C22H13B5ClF2N3O4. The van der Waals surface area contributed by atoms with Gasteiger partial charge in [-0.05, 0) is 35.1 Å². The van der Waals surface area contributed by atoms with Crippen molar-refractivity contribution in [1.29, 1.82) is 0 Å². The third kappa shape index (κ3) is 4.29. The molecule has 0 aliphatic carbocycles. The van der Waals surface area contributed by atoms with E-state index in [2.05, 4.69) is 0 Å². The molecule has 7 nitrogen and oxygen atoms in total. The maximum atomic E-state index is 14.6. The van der Waals surface area contributed by atoms with Crippen LogP contribution in [-0.2, 0) is 26.9 Å². The topological polar surface area (TPSA) is 86.8 Å². The fourth-order valence-electron chi connectivity index (χ4n) is 4.26. The van der Waals surface area contributed by atoms with Gasteiger partial charge in [-0.15, -0.1) is 0 Å². The van der Waals surface area contributed by atoms with Crippen LogP contribution in [0.15, 0.2) is 42.5 Å². The van der Waals surface area contributed by atoms with Gasteiger partial charge in [0, 0.05) is 28.6 Å². The van der Waals surface area contributed by atoms with E-state index < -0.39 is 58.1 Å². The van der Waals surface area contributed by atoms with Crippen molar-refractivity contribution in [2.24, 2.45) is 0 Å². The average Bonchev–Trinajstić information content (AvgIpc) is 3.21. The molecule has 2 aliphatic heterocycles. The largest absolute Gasteiger partial charge is 0.352 e. The monoisotopic (exact) mass is 511 g/mol. The van der Waals surface area contributed by atoms with Gasteiger partial charge in [-0.2, -0.15) is 8.78 Å². The van der Waals surface area contributed by atoms with Crippen LogP contribution in [0.5, 0.6) is 0 Å². The number of hydrogen-bond acceptors (Lipinski definition) is 4. The number of nitrogens with zero attached hydrogens (tertiary/aromatic N) is 2. The third-order valence-electron chi connectivity index (χ3n) is 6.50. The zero-order valence-electron chi connectivity index (χ0n) is 19.0. The Kier molecular flexibility index (Phi) is 6.86. The number of amides is 4. The van der Waals surface area contributed by atoms with Crippen LogP contribution in [-0.4, -0.2) is 78.1 Å². The van der Waals surface area contributed by atoms with E-state index in [1.807, 2.05) is 5.32 Å². The number of hydrogen-bond donors (Lipinski definition) is 1. The molecule has 4 rings (SSSR count). The van der Waals surface area contributed by atoms with Gasteiger partial charge in [-0.3, -0.25) is 19.2 Å². The summed E-state index contributed by atoms with van der Waals surface area (Å²) in [5.74, 6) is -12.6. The number of fused-ring (bicyclic) bond motifs is 1. The van der Waals surface area contributed by atoms with Gasteiger partial charge < -0.3 is 15.0 Å². The lowest BCUT2D eigenvalue weighted by Crippen LogP contribution is -2.68. The molecule has 10 radical (unpaired) electrons. The highest BCUT2D eigenvalue weighted by Crippen LogP contribution is 2.43. The molecule has 2 aliphatic rings. The van der Waals surface area contributed by atoms with Gasteiger partial charge in [-0.25, -0.2) is 0 Å². The Labute approximate surface area is 222 Å². The molecule has 1 fully saturated rings. The molecule has 4 atom stereocenters. The van der Waals surface area contributed by atoms with Crippen LogP contribution >= 0.6 is 11.6 Å². The van der Waals surface area contributed by atoms with Crippen molar-refractivity contribution < 1.29 is 28.0 Å². The molecule has 3 unspecified atom stereocenters. The summed E-state index contributed by atoms with van der Waals surface area (Å²) in [5.41, 5.74) is -2.20. The summed E-state index contributed by atoms with van der Waals surface area (Å²) in [6.45, 7) is -0.256. The summed E-state index contributed by atoms with van der Waals surface area (Å²) in [4.78, 5) is 51.4. The smallest absolute Gasteiger partial charge is 0.349 e. The highest BCUT2D eigenvalue weighted by molar-refractivity contribution is 6.47. The lowest BCUT2D eigenvalue weighted by atomic mass is 9.48. The van der Waals surface area contributed by atoms with Gasteiger partial charge in [0.1, 0.15) is 15.7 Å². The summed E-state index contributed by atoms with van der Waals surface area (Å²) in [5, 5.41) is 2.27. The first-order valence-electron chi connectivity index (χ1n) is 10.8. The Hall–Kier alpha value is -3.01. The van der Waals surface area contributed by atoms with Gasteiger partial charge in [0.2, 0.25) is 19.8 Å². The molecule has 1 N–H and O–H groups in total. The highest BCUT2D eigenvalue weighted by Gasteiger charge is 2.55. The molecular weight excluding hydrogens is 498 g/mol. The van der Waals surface area contributed by atoms with E-state index in [-0.39, 0.29) is 27.5 Å². The quantitative estimate of drug-likeness (QED) is 0.471. The molecule has 4 amide bonds. The van der Waals surface area contributed by atoms with Crippen LogP contribution in [0.4, 0.5) is 8.78 Å². The first kappa shape index (κ1) is 27.0. The number of carbonyl (C=O) groups excluding carboxylic acids is 4. The first-order valence-corrected chi connectivity index (χ1v) is 11.2. The van der Waals surface area contributed by atoms with Crippen molar-refractivity contribution in [3.63, 3.8) is 0 Å². The van der Waals surface area contributed by atoms with Gasteiger partial charge in [0.05, 0.1) is 21.1 Å². The van der Waals surface area contributed by atoms with Crippen molar-refractivity contribution in [2.45, 2.75) is 35.5 Å². The zero-order valence-corrected chi connectivity index (χ0v) is 19.8. The van der Waals surface area contributed by atoms with Gasteiger partial charge in [-0.1, -0.05) is 41.7 Å². The maximum Gasteiger partial charge on any atom is 0.349 e. The zero-order chi connectivity index (χ0) is 27.4. The van der Waals surface area contributed by atoms with Gasteiger partial charge >= 0.3 is 5.92 Å². The fraction of sp³-hybridized carbons (Fsp3) is 0.273. The molecule has 0 aromatic heterocycles. The lowest BCUT2D eigenvalue weighted by Gasteiger charge is -2.51. The second-order valence-corrected chi connectivity index (χ2v) is 9.17. The normalized spacial score (nSPS) is 24.7. The molecule has 2 heterocycles. The Balaban J connectivity index is 1.56. The molecule has 2 aromatic rings. The molecule has 0 saturated carbocycles. The molecule has 2 aromatic carbocycles. The van der Waals surface area contributed by atoms with Crippen LogP contribution in [0.1, 0.15) is 33.0 Å². The third-order valence-corrected chi connectivity index (χ3v) is 6.75. The summed E-state index contributed by atoms with van der Waals surface area (Å²) in [6.07, 6.45) is 0. The summed E-state index contributed by atoms with van der Waals surface area (Å²) in [7, 11) is 29.5. The van der Waals surface area contributed by atoms with Gasteiger partial charge in [0.15, 0.2) is 0 Å². The number of nitrogens with one attached hydrogen (secondary N) is 1. The first-order chi connectivity index (χ1) is 17.2. The SMILES string of the molecule is [B]C(NC(=O)C(F)(F)c1ccc(Cl)cc1)c1ccc2c(c1)CN([C@]1([B])C(=O)N([B])C(=O)C([B])C1[B])C2=O. The van der Waals surface area contributed by atoms with E-state index in [1.54, 1.807) is 0 Å². The number of carbonyl (C=O) groups is 4. The van der Waals surface area contributed by atoms with E-state index in [1.165, 1.54) is 30.3 Å². The van der Waals surface area contributed by atoms with E-state index in [9.17, 15) is 28.0 Å². The Morgan fingerprint density at radius 1 is 1.14 bits per heavy atom. The Morgan fingerprint density at radius 3 is 2.38 bits per heavy atom. The van der Waals surface area contributed by atoms with Crippen molar-refractivity contribution >= 4 is 74.6 Å². The number of benzene rings is 2. The molecule has 37 heavy (non-hydrogen) atoms. The second-order valence-electron chi connectivity index (χ2n) is 8.73. The maximum absolute atomic E-state index is 14.6. The van der Waals surface area contributed by atoms with Crippen LogP contribution in [0, 0.1) is 0 Å². The van der Waals surface area contributed by atoms with E-state index >= 15 is 0 Å². The number of piperidine rings is 1. The van der Waals surface area contributed by atoms with E-state index in [0.717, 1.165) is 17.0 Å². The molecule has 1 saturated heterocycles. The summed E-state index contributed by atoms with van der Waals surface area (Å²) < 4.78 is 29.2. The minimum Gasteiger partial charge on any atom is -0.352 e. The molecule has 176 valence electrons. The highest BCUT2D eigenvalue weighted by atomic mass is 35.5. The van der Waals surface area contributed by atoms with Crippen molar-refractivity contribution in [3.8, 4) is 0 Å². The van der Waals surface area contributed by atoms with Crippen LogP contribution in [0.2, 0.25) is 16.7 Å². The van der Waals surface area contributed by atoms with Crippen LogP contribution < -0.4 is 5.32 Å². The summed E-state index contributed by atoms with van der Waals surface area (Å²) >= 11 is 5.71.